The van der Waals surface area contributed by atoms with Gasteiger partial charge in [0.15, 0.2) is 0 Å². The molecule has 0 aliphatic carbocycles. The first-order valence-corrected chi connectivity index (χ1v) is 8.94. The Kier molecular flexibility index (Phi) is 6.43. The molecule has 6 nitrogen and oxygen atoms in total. The molecule has 7 heteroatoms. The first kappa shape index (κ1) is 18.1. The number of aromatic nitrogens is 2. The van der Waals surface area contributed by atoms with Gasteiger partial charge >= 0.3 is 0 Å². The summed E-state index contributed by atoms with van der Waals surface area (Å²) in [6, 6.07) is 6.96. The molecule has 0 saturated carbocycles. The van der Waals surface area contributed by atoms with Gasteiger partial charge in [-0.1, -0.05) is 44.2 Å². The molecule has 0 fully saturated rings. The Morgan fingerprint density at radius 2 is 1.79 bits per heavy atom. The van der Waals surface area contributed by atoms with Gasteiger partial charge in [0.25, 0.3) is 5.91 Å². The molecule has 1 aromatic heterocycles. The fourth-order valence-electron chi connectivity index (χ4n) is 2.30. The van der Waals surface area contributed by atoms with Gasteiger partial charge in [0.1, 0.15) is 5.01 Å². The van der Waals surface area contributed by atoms with Crippen LogP contribution in [0.5, 0.6) is 0 Å². The predicted molar refractivity (Wildman–Crippen MR) is 96.4 cm³/mol. The summed E-state index contributed by atoms with van der Waals surface area (Å²) in [6.45, 7) is 5.94. The zero-order chi connectivity index (χ0) is 17.5. The van der Waals surface area contributed by atoms with Crippen molar-refractivity contribution in [2.24, 2.45) is 5.92 Å². The summed E-state index contributed by atoms with van der Waals surface area (Å²) in [5.74, 6) is -0.435. The largest absolute Gasteiger partial charge is 0.325 e. The van der Waals surface area contributed by atoms with Crippen LogP contribution in [0.1, 0.15) is 49.0 Å². The van der Waals surface area contributed by atoms with Crippen molar-refractivity contribution in [2.45, 2.75) is 40.0 Å². The van der Waals surface area contributed by atoms with Crippen LogP contribution in [0.25, 0.3) is 0 Å². The van der Waals surface area contributed by atoms with Crippen LogP contribution in [-0.4, -0.2) is 22.0 Å². The van der Waals surface area contributed by atoms with Gasteiger partial charge in [-0.15, -0.1) is 10.2 Å². The average Bonchev–Trinajstić information content (AvgIpc) is 3.04. The number of hydrogen-bond acceptors (Lipinski definition) is 5. The van der Waals surface area contributed by atoms with Crippen LogP contribution < -0.4 is 10.6 Å². The monoisotopic (exact) mass is 346 g/mol. The molecule has 2 amide bonds. The number of amides is 2. The van der Waals surface area contributed by atoms with Gasteiger partial charge in [0.05, 0.1) is 11.3 Å². The normalized spacial score (nSPS) is 10.7. The van der Waals surface area contributed by atoms with Crippen molar-refractivity contribution in [1.82, 2.24) is 10.2 Å². The minimum absolute atomic E-state index is 0.0589. The van der Waals surface area contributed by atoms with E-state index in [0.717, 1.165) is 24.3 Å². The van der Waals surface area contributed by atoms with E-state index in [0.29, 0.717) is 16.4 Å². The van der Waals surface area contributed by atoms with Crippen molar-refractivity contribution in [3.8, 4) is 0 Å². The smallest absolute Gasteiger partial charge is 0.259 e. The zero-order valence-corrected chi connectivity index (χ0v) is 14.9. The van der Waals surface area contributed by atoms with E-state index in [4.69, 9.17) is 0 Å². The fourth-order valence-corrected chi connectivity index (χ4v) is 2.97. The Balaban J connectivity index is 2.15. The minimum atomic E-state index is -0.311. The second-order valence-corrected chi connectivity index (χ2v) is 6.42. The molecule has 2 aromatic rings. The van der Waals surface area contributed by atoms with Gasteiger partial charge in [-0.2, -0.15) is 0 Å². The topological polar surface area (TPSA) is 84.0 Å². The zero-order valence-electron chi connectivity index (χ0n) is 14.1. The fraction of sp³-hybridized carbons (Fsp3) is 0.412. The second kappa shape index (κ2) is 8.54. The molecule has 2 rings (SSSR count). The van der Waals surface area contributed by atoms with Gasteiger partial charge < -0.3 is 5.32 Å². The SMILES string of the molecule is CCc1nnc(NC(=O)c2ccccc2NC(=O)C(CC)CC)s1. The maximum Gasteiger partial charge on any atom is 0.259 e. The van der Waals surface area contributed by atoms with Gasteiger partial charge in [0, 0.05) is 5.92 Å². The summed E-state index contributed by atoms with van der Waals surface area (Å²) < 4.78 is 0. The summed E-state index contributed by atoms with van der Waals surface area (Å²) in [7, 11) is 0. The van der Waals surface area contributed by atoms with E-state index in [1.165, 1.54) is 11.3 Å². The number of aryl methyl sites for hydroxylation is 1. The summed E-state index contributed by atoms with van der Waals surface area (Å²) in [6.07, 6.45) is 2.30. The predicted octanol–water partition coefficient (Wildman–Crippen LogP) is 3.73. The highest BCUT2D eigenvalue weighted by molar-refractivity contribution is 7.15. The maximum absolute atomic E-state index is 12.5. The minimum Gasteiger partial charge on any atom is -0.325 e. The van der Waals surface area contributed by atoms with Gasteiger partial charge in [-0.3, -0.25) is 14.9 Å². The third-order valence-electron chi connectivity index (χ3n) is 3.78. The first-order chi connectivity index (χ1) is 11.6. The van der Waals surface area contributed by atoms with Crippen molar-refractivity contribution in [3.05, 3.63) is 34.8 Å². The van der Waals surface area contributed by atoms with E-state index in [-0.39, 0.29) is 17.7 Å². The number of hydrogen-bond donors (Lipinski definition) is 2. The van der Waals surface area contributed by atoms with Crippen molar-refractivity contribution in [2.75, 3.05) is 10.6 Å². The lowest BCUT2D eigenvalue weighted by Gasteiger charge is -2.15. The van der Waals surface area contributed by atoms with Crippen LogP contribution in [0, 0.1) is 5.92 Å². The molecule has 1 aromatic carbocycles. The third-order valence-corrected chi connectivity index (χ3v) is 4.76. The number of nitrogens with one attached hydrogen (secondary N) is 2. The second-order valence-electron chi connectivity index (χ2n) is 5.36. The van der Waals surface area contributed by atoms with Crippen LogP contribution in [0.2, 0.25) is 0 Å². The molecule has 0 bridgehead atoms. The summed E-state index contributed by atoms with van der Waals surface area (Å²) in [4.78, 5) is 24.8. The van der Waals surface area contributed by atoms with Crippen LogP contribution in [0.3, 0.4) is 0 Å². The summed E-state index contributed by atoms with van der Waals surface area (Å²) in [5.41, 5.74) is 0.914. The molecular formula is C17H22N4O2S. The van der Waals surface area contributed by atoms with Gasteiger partial charge in [-0.25, -0.2) is 0 Å². The number of para-hydroxylation sites is 1. The number of carbonyl (C=O) groups is 2. The molecule has 0 unspecified atom stereocenters. The molecule has 0 atom stereocenters. The molecule has 0 aliphatic heterocycles. The summed E-state index contributed by atoms with van der Waals surface area (Å²) in [5, 5.41) is 14.8. The highest BCUT2D eigenvalue weighted by Crippen LogP contribution is 2.21. The van der Waals surface area contributed by atoms with Crippen molar-refractivity contribution in [1.29, 1.82) is 0 Å². The molecule has 0 spiro atoms. The number of carbonyl (C=O) groups excluding carboxylic acids is 2. The molecule has 0 saturated heterocycles. The Hall–Kier alpha value is -2.28. The van der Waals surface area contributed by atoms with Crippen LogP contribution in [0.4, 0.5) is 10.8 Å². The third kappa shape index (κ3) is 4.38. The highest BCUT2D eigenvalue weighted by Gasteiger charge is 2.18. The van der Waals surface area contributed by atoms with E-state index in [2.05, 4.69) is 20.8 Å². The Labute approximate surface area is 145 Å². The van der Waals surface area contributed by atoms with E-state index < -0.39 is 0 Å². The molecule has 1 heterocycles. The van der Waals surface area contributed by atoms with Crippen molar-refractivity contribution >= 4 is 34.0 Å². The van der Waals surface area contributed by atoms with Crippen LogP contribution in [0.15, 0.2) is 24.3 Å². The van der Waals surface area contributed by atoms with Gasteiger partial charge in [0.2, 0.25) is 11.0 Å². The van der Waals surface area contributed by atoms with E-state index in [9.17, 15) is 9.59 Å². The molecule has 0 aliphatic rings. The lowest BCUT2D eigenvalue weighted by molar-refractivity contribution is -0.120. The molecule has 24 heavy (non-hydrogen) atoms. The maximum atomic E-state index is 12.5. The number of anilines is 2. The Morgan fingerprint density at radius 1 is 1.08 bits per heavy atom. The first-order valence-electron chi connectivity index (χ1n) is 8.12. The van der Waals surface area contributed by atoms with E-state index in [1.54, 1.807) is 24.3 Å². The Bertz CT molecular complexity index is 710. The molecule has 128 valence electrons. The number of nitrogens with zero attached hydrogens (tertiary/aromatic N) is 2. The van der Waals surface area contributed by atoms with Crippen molar-refractivity contribution in [3.63, 3.8) is 0 Å². The lowest BCUT2D eigenvalue weighted by atomic mass is 10.0. The van der Waals surface area contributed by atoms with Crippen LogP contribution >= 0.6 is 11.3 Å². The molecule has 0 radical (unpaired) electrons. The standard InChI is InChI=1S/C17H22N4O2S/c1-4-11(5-2)15(22)18-13-10-8-7-9-12(13)16(23)19-17-21-20-14(6-3)24-17/h7-11H,4-6H2,1-3H3,(H,18,22)(H,19,21,23). The lowest BCUT2D eigenvalue weighted by Crippen LogP contribution is -2.23. The molecular weight excluding hydrogens is 324 g/mol. The molecule has 2 N–H and O–H groups in total. The van der Waals surface area contributed by atoms with Gasteiger partial charge in [-0.05, 0) is 31.4 Å². The quantitative estimate of drug-likeness (QED) is 0.800. The van der Waals surface area contributed by atoms with Crippen LogP contribution in [-0.2, 0) is 11.2 Å². The van der Waals surface area contributed by atoms with E-state index >= 15 is 0 Å². The average molecular weight is 346 g/mol. The summed E-state index contributed by atoms with van der Waals surface area (Å²) >= 11 is 1.35. The number of rotatable bonds is 7. The van der Waals surface area contributed by atoms with Crippen molar-refractivity contribution < 1.29 is 9.59 Å². The number of benzene rings is 1. The Morgan fingerprint density at radius 3 is 2.42 bits per heavy atom. The van der Waals surface area contributed by atoms with E-state index in [1.807, 2.05) is 20.8 Å². The highest BCUT2D eigenvalue weighted by atomic mass is 32.1.